The highest BCUT2D eigenvalue weighted by Gasteiger charge is 2.40. The normalized spacial score (nSPS) is 17.0. The van der Waals surface area contributed by atoms with Gasteiger partial charge in [0.15, 0.2) is 5.78 Å². The minimum absolute atomic E-state index is 0.0876. The van der Waals surface area contributed by atoms with E-state index in [4.69, 9.17) is 5.11 Å². The van der Waals surface area contributed by atoms with Crippen LogP contribution in [0.4, 0.5) is 10.1 Å². The van der Waals surface area contributed by atoms with E-state index in [9.17, 15) is 18.8 Å². The van der Waals surface area contributed by atoms with Gasteiger partial charge in [0.1, 0.15) is 5.82 Å². The van der Waals surface area contributed by atoms with E-state index in [1.165, 1.54) is 13.0 Å². The summed E-state index contributed by atoms with van der Waals surface area (Å²) in [4.78, 5) is 34.7. The lowest BCUT2D eigenvalue weighted by molar-refractivity contribution is -0.137. The summed E-state index contributed by atoms with van der Waals surface area (Å²) in [7, 11) is 0. The van der Waals surface area contributed by atoms with Gasteiger partial charge < -0.3 is 10.4 Å². The summed E-state index contributed by atoms with van der Waals surface area (Å²) in [5.74, 6) is -3.31. The van der Waals surface area contributed by atoms with E-state index in [2.05, 4.69) is 5.32 Å². The molecule has 1 aromatic carbocycles. The third kappa shape index (κ3) is 2.53. The Balaban J connectivity index is 2.44. The third-order valence-electron chi connectivity index (χ3n) is 3.78. The number of halogens is 1. The van der Waals surface area contributed by atoms with Gasteiger partial charge in [-0.25, -0.2) is 4.39 Å². The molecule has 1 atom stereocenters. The van der Waals surface area contributed by atoms with Crippen molar-refractivity contribution in [3.05, 3.63) is 29.1 Å². The average Bonchev–Trinajstić information content (AvgIpc) is 2.60. The molecule has 0 aromatic heterocycles. The van der Waals surface area contributed by atoms with E-state index in [1.54, 1.807) is 13.8 Å². The number of fused-ring (bicyclic) bond motifs is 1. The van der Waals surface area contributed by atoms with Crippen LogP contribution in [-0.2, 0) is 15.0 Å². The van der Waals surface area contributed by atoms with Gasteiger partial charge in [0, 0.05) is 11.5 Å². The van der Waals surface area contributed by atoms with Gasteiger partial charge >= 0.3 is 5.97 Å². The van der Waals surface area contributed by atoms with Crippen molar-refractivity contribution < 1.29 is 23.9 Å². The summed E-state index contributed by atoms with van der Waals surface area (Å²) < 4.78 is 14.1. The highest BCUT2D eigenvalue weighted by Crippen LogP contribution is 2.39. The topological polar surface area (TPSA) is 83.5 Å². The molecule has 0 saturated heterocycles. The molecule has 1 aromatic rings. The standard InChI is InChI=1S/C15H16FNO4/c1-7(4-11(18)19)13(20)8-5-9-12(10(16)6-8)17-14(21)15(9,2)3/h5-7H,4H2,1-3H3,(H,17,21)(H,18,19). The monoisotopic (exact) mass is 293 g/mol. The average molecular weight is 293 g/mol. The van der Waals surface area contributed by atoms with Gasteiger partial charge in [-0.15, -0.1) is 0 Å². The zero-order valence-electron chi connectivity index (χ0n) is 12.0. The van der Waals surface area contributed by atoms with Gasteiger partial charge in [-0.3, -0.25) is 14.4 Å². The molecule has 21 heavy (non-hydrogen) atoms. The maximum atomic E-state index is 14.1. The van der Waals surface area contributed by atoms with E-state index in [1.807, 2.05) is 0 Å². The number of aliphatic carboxylic acids is 1. The molecule has 1 aliphatic rings. The largest absolute Gasteiger partial charge is 0.481 e. The van der Waals surface area contributed by atoms with Crippen molar-refractivity contribution in [3.8, 4) is 0 Å². The number of Topliss-reactive ketones (excluding diaryl/α,β-unsaturated/α-hetero) is 1. The minimum Gasteiger partial charge on any atom is -0.481 e. The van der Waals surface area contributed by atoms with Crippen molar-refractivity contribution in [3.63, 3.8) is 0 Å². The number of hydrogen-bond acceptors (Lipinski definition) is 3. The number of carboxylic acids is 1. The number of ketones is 1. The summed E-state index contributed by atoms with van der Waals surface area (Å²) >= 11 is 0. The molecule has 2 rings (SSSR count). The first kappa shape index (κ1) is 15.2. The molecule has 0 bridgehead atoms. The van der Waals surface area contributed by atoms with Gasteiger partial charge in [0.05, 0.1) is 17.5 Å². The molecule has 1 aliphatic heterocycles. The second kappa shape index (κ2) is 4.95. The number of nitrogens with one attached hydrogen (secondary N) is 1. The number of carbonyl (C=O) groups is 3. The summed E-state index contributed by atoms with van der Waals surface area (Å²) in [5, 5.41) is 11.2. The Labute approximate surface area is 121 Å². The molecule has 1 unspecified atom stereocenters. The fraction of sp³-hybridized carbons (Fsp3) is 0.400. The van der Waals surface area contributed by atoms with Crippen LogP contribution in [0.25, 0.3) is 0 Å². The maximum Gasteiger partial charge on any atom is 0.304 e. The first-order valence-electron chi connectivity index (χ1n) is 6.56. The summed E-state index contributed by atoms with van der Waals surface area (Å²) in [6.45, 7) is 4.77. The van der Waals surface area contributed by atoms with Gasteiger partial charge in [-0.2, -0.15) is 0 Å². The van der Waals surface area contributed by atoms with Crippen LogP contribution in [0, 0.1) is 11.7 Å². The lowest BCUT2D eigenvalue weighted by Gasteiger charge is -2.16. The van der Waals surface area contributed by atoms with Gasteiger partial charge in [-0.1, -0.05) is 6.92 Å². The van der Waals surface area contributed by atoms with Crippen molar-refractivity contribution in [2.75, 3.05) is 5.32 Å². The van der Waals surface area contributed by atoms with Crippen LogP contribution in [0.3, 0.4) is 0 Å². The quantitative estimate of drug-likeness (QED) is 0.835. The second-order valence-corrected chi connectivity index (χ2v) is 5.82. The minimum atomic E-state index is -1.09. The fourth-order valence-electron chi connectivity index (χ4n) is 2.40. The molecule has 1 heterocycles. The molecule has 0 saturated carbocycles. The number of anilines is 1. The molecule has 6 heteroatoms. The molecule has 0 fully saturated rings. The Morgan fingerprint density at radius 1 is 1.38 bits per heavy atom. The molecule has 112 valence electrons. The first-order valence-corrected chi connectivity index (χ1v) is 6.56. The van der Waals surface area contributed by atoms with Crippen LogP contribution in [0.15, 0.2) is 12.1 Å². The van der Waals surface area contributed by atoms with Crippen LogP contribution in [0.5, 0.6) is 0 Å². The predicted octanol–water partition coefficient (Wildman–Crippen LogP) is 2.35. The van der Waals surface area contributed by atoms with E-state index in [0.29, 0.717) is 5.56 Å². The van der Waals surface area contributed by atoms with Crippen LogP contribution in [0.1, 0.15) is 43.1 Å². The van der Waals surface area contributed by atoms with Crippen LogP contribution >= 0.6 is 0 Å². The number of rotatable bonds is 4. The third-order valence-corrected chi connectivity index (χ3v) is 3.78. The van der Waals surface area contributed by atoms with E-state index < -0.39 is 28.9 Å². The van der Waals surface area contributed by atoms with E-state index >= 15 is 0 Å². The lowest BCUT2D eigenvalue weighted by Crippen LogP contribution is -2.27. The smallest absolute Gasteiger partial charge is 0.304 e. The molecule has 2 N–H and O–H groups in total. The molecular formula is C15H16FNO4. The fourth-order valence-corrected chi connectivity index (χ4v) is 2.40. The number of carbonyl (C=O) groups excluding carboxylic acids is 2. The Morgan fingerprint density at radius 2 is 2.00 bits per heavy atom. The van der Waals surface area contributed by atoms with E-state index in [0.717, 1.165) is 6.07 Å². The first-order chi connectivity index (χ1) is 9.64. The number of carboxylic acid groups (broad SMARTS) is 1. The van der Waals surface area contributed by atoms with Crippen molar-refractivity contribution >= 4 is 23.3 Å². The van der Waals surface area contributed by atoms with Crippen molar-refractivity contribution in [2.45, 2.75) is 32.6 Å². The van der Waals surface area contributed by atoms with Crippen molar-refractivity contribution in [2.24, 2.45) is 5.92 Å². The van der Waals surface area contributed by atoms with Crippen molar-refractivity contribution in [1.82, 2.24) is 0 Å². The highest BCUT2D eigenvalue weighted by molar-refractivity contribution is 6.07. The molecule has 1 amide bonds. The van der Waals surface area contributed by atoms with Gasteiger partial charge in [0.2, 0.25) is 5.91 Å². The SMILES string of the molecule is CC(CC(=O)O)C(=O)c1cc(F)c2c(c1)C(C)(C)C(=O)N2. The molecule has 0 aliphatic carbocycles. The lowest BCUT2D eigenvalue weighted by atomic mass is 9.84. The molecule has 5 nitrogen and oxygen atoms in total. The molecule has 0 radical (unpaired) electrons. The number of benzene rings is 1. The predicted molar refractivity (Wildman–Crippen MR) is 73.8 cm³/mol. The Kier molecular flexibility index (Phi) is 3.57. The zero-order valence-corrected chi connectivity index (χ0v) is 12.0. The molecular weight excluding hydrogens is 277 g/mol. The highest BCUT2D eigenvalue weighted by atomic mass is 19.1. The van der Waals surface area contributed by atoms with Crippen LogP contribution in [0.2, 0.25) is 0 Å². The van der Waals surface area contributed by atoms with Gasteiger partial charge in [0.25, 0.3) is 0 Å². The number of hydrogen-bond donors (Lipinski definition) is 2. The van der Waals surface area contributed by atoms with Gasteiger partial charge in [-0.05, 0) is 31.5 Å². The van der Waals surface area contributed by atoms with Crippen molar-refractivity contribution in [1.29, 1.82) is 0 Å². The summed E-state index contributed by atoms with van der Waals surface area (Å²) in [6, 6.07) is 2.51. The van der Waals surface area contributed by atoms with E-state index in [-0.39, 0.29) is 23.6 Å². The molecule has 0 spiro atoms. The zero-order chi connectivity index (χ0) is 15.9. The Hall–Kier alpha value is -2.24. The number of amides is 1. The summed E-state index contributed by atoms with van der Waals surface area (Å²) in [6.07, 6.45) is -0.321. The maximum absolute atomic E-state index is 14.1. The second-order valence-electron chi connectivity index (χ2n) is 5.82. The Morgan fingerprint density at radius 3 is 2.57 bits per heavy atom. The summed E-state index contributed by atoms with van der Waals surface area (Å²) in [5.41, 5.74) is -0.335. The van der Waals surface area contributed by atoms with Crippen LogP contribution in [-0.4, -0.2) is 22.8 Å². The Bertz CT molecular complexity index is 651. The van der Waals surface area contributed by atoms with Crippen LogP contribution < -0.4 is 5.32 Å².